The highest BCUT2D eigenvalue weighted by Crippen LogP contribution is 2.26. The standard InChI is InChI=1S/C17H24N2O2S/c1-12(2)11-21-14-7-5-13(6-8-14)17(3,4)15(20)19-16-18-9-10-22-16/h5-8,12H,9-11H2,1-4H3,(H,18,19,20). The topological polar surface area (TPSA) is 50.7 Å². The van der Waals surface area contributed by atoms with E-state index in [0.717, 1.165) is 28.8 Å². The van der Waals surface area contributed by atoms with Crippen molar-refractivity contribution >= 4 is 22.8 Å². The molecule has 0 saturated heterocycles. The quantitative estimate of drug-likeness (QED) is 0.906. The Hall–Kier alpha value is -1.49. The van der Waals surface area contributed by atoms with E-state index in [1.165, 1.54) is 0 Å². The van der Waals surface area contributed by atoms with Crippen molar-refractivity contribution in [3.8, 4) is 5.75 Å². The fourth-order valence-electron chi connectivity index (χ4n) is 2.03. The number of rotatable bonds is 5. The van der Waals surface area contributed by atoms with Gasteiger partial charge in [0, 0.05) is 5.75 Å². The number of ether oxygens (including phenoxy) is 1. The van der Waals surface area contributed by atoms with Crippen molar-refractivity contribution in [3.05, 3.63) is 29.8 Å². The van der Waals surface area contributed by atoms with Crippen molar-refractivity contribution in [3.63, 3.8) is 0 Å². The second-order valence-electron chi connectivity index (χ2n) is 6.34. The predicted molar refractivity (Wildman–Crippen MR) is 92.7 cm³/mol. The van der Waals surface area contributed by atoms with Gasteiger partial charge in [-0.15, -0.1) is 0 Å². The van der Waals surface area contributed by atoms with Crippen molar-refractivity contribution in [2.45, 2.75) is 33.1 Å². The average Bonchev–Trinajstić information content (AvgIpc) is 2.98. The molecule has 1 aromatic carbocycles. The molecule has 1 aliphatic rings. The first-order valence-electron chi connectivity index (χ1n) is 7.61. The van der Waals surface area contributed by atoms with Crippen LogP contribution in [0, 0.1) is 5.92 Å². The number of amidine groups is 1. The summed E-state index contributed by atoms with van der Waals surface area (Å²) in [5.41, 5.74) is 0.355. The molecule has 2 rings (SSSR count). The third-order valence-electron chi connectivity index (χ3n) is 3.53. The van der Waals surface area contributed by atoms with Crippen LogP contribution in [0.15, 0.2) is 29.3 Å². The molecule has 0 fully saturated rings. The number of carbonyl (C=O) groups is 1. The normalized spacial score (nSPS) is 14.9. The van der Waals surface area contributed by atoms with Gasteiger partial charge in [-0.05, 0) is 37.5 Å². The first-order chi connectivity index (χ1) is 10.4. The van der Waals surface area contributed by atoms with Crippen LogP contribution in [0.1, 0.15) is 33.3 Å². The Labute approximate surface area is 136 Å². The molecule has 1 heterocycles. The Morgan fingerprint density at radius 2 is 2.05 bits per heavy atom. The van der Waals surface area contributed by atoms with Crippen molar-refractivity contribution < 1.29 is 9.53 Å². The molecule has 0 aromatic heterocycles. The minimum absolute atomic E-state index is 0.0310. The van der Waals surface area contributed by atoms with E-state index in [1.807, 2.05) is 38.1 Å². The van der Waals surface area contributed by atoms with Gasteiger partial charge in [0.05, 0.1) is 18.6 Å². The Balaban J connectivity index is 2.03. The van der Waals surface area contributed by atoms with Gasteiger partial charge >= 0.3 is 0 Å². The second-order valence-corrected chi connectivity index (χ2v) is 7.43. The van der Waals surface area contributed by atoms with Crippen LogP contribution in [0.25, 0.3) is 0 Å². The summed E-state index contributed by atoms with van der Waals surface area (Å²) in [6.07, 6.45) is 0. The van der Waals surface area contributed by atoms with E-state index in [2.05, 4.69) is 24.2 Å². The Kier molecular flexibility index (Phi) is 5.51. The van der Waals surface area contributed by atoms with Gasteiger partial charge in [-0.2, -0.15) is 0 Å². The molecule has 0 radical (unpaired) electrons. The Morgan fingerprint density at radius 3 is 2.59 bits per heavy atom. The van der Waals surface area contributed by atoms with Gasteiger partial charge in [-0.25, -0.2) is 0 Å². The predicted octanol–water partition coefficient (Wildman–Crippen LogP) is 3.22. The van der Waals surface area contributed by atoms with Gasteiger partial charge in [0.25, 0.3) is 0 Å². The first-order valence-corrected chi connectivity index (χ1v) is 8.60. The largest absolute Gasteiger partial charge is 0.493 e. The van der Waals surface area contributed by atoms with E-state index < -0.39 is 5.41 Å². The minimum Gasteiger partial charge on any atom is -0.493 e. The molecular formula is C17H24N2O2S. The summed E-state index contributed by atoms with van der Waals surface area (Å²) in [6.45, 7) is 9.55. The number of nitrogens with one attached hydrogen (secondary N) is 1. The zero-order chi connectivity index (χ0) is 16.2. The Morgan fingerprint density at radius 1 is 1.36 bits per heavy atom. The van der Waals surface area contributed by atoms with Crippen LogP contribution in [0.2, 0.25) is 0 Å². The SMILES string of the molecule is CC(C)COc1ccc(C(C)(C)C(=O)NC2=NCCS2)cc1. The maximum absolute atomic E-state index is 12.5. The first kappa shape index (κ1) is 16.9. The number of amides is 1. The van der Waals surface area contributed by atoms with E-state index in [0.29, 0.717) is 12.5 Å². The highest BCUT2D eigenvalue weighted by atomic mass is 32.2. The van der Waals surface area contributed by atoms with E-state index in [1.54, 1.807) is 11.8 Å². The van der Waals surface area contributed by atoms with E-state index in [9.17, 15) is 4.79 Å². The monoisotopic (exact) mass is 320 g/mol. The van der Waals surface area contributed by atoms with Crippen LogP contribution in [0.3, 0.4) is 0 Å². The minimum atomic E-state index is -0.609. The molecule has 120 valence electrons. The van der Waals surface area contributed by atoms with Gasteiger partial charge in [0.1, 0.15) is 5.75 Å². The molecule has 0 unspecified atom stereocenters. The number of nitrogens with zero attached hydrogens (tertiary/aromatic N) is 1. The van der Waals surface area contributed by atoms with Gasteiger partial charge in [0.2, 0.25) is 5.91 Å². The number of carbonyl (C=O) groups excluding carboxylic acids is 1. The summed E-state index contributed by atoms with van der Waals surface area (Å²) < 4.78 is 5.68. The summed E-state index contributed by atoms with van der Waals surface area (Å²) >= 11 is 1.59. The smallest absolute Gasteiger partial charge is 0.236 e. The van der Waals surface area contributed by atoms with Crippen LogP contribution in [0.4, 0.5) is 0 Å². The number of hydrogen-bond donors (Lipinski definition) is 1. The fourth-order valence-corrected chi connectivity index (χ4v) is 2.75. The molecular weight excluding hydrogens is 296 g/mol. The number of benzene rings is 1. The summed E-state index contributed by atoms with van der Waals surface area (Å²) in [5, 5.41) is 3.65. The average molecular weight is 320 g/mol. The molecule has 0 spiro atoms. The zero-order valence-corrected chi connectivity index (χ0v) is 14.5. The summed E-state index contributed by atoms with van der Waals surface area (Å²) in [5.74, 6) is 2.24. The lowest BCUT2D eigenvalue weighted by Gasteiger charge is -2.24. The molecule has 1 aromatic rings. The van der Waals surface area contributed by atoms with E-state index >= 15 is 0 Å². The van der Waals surface area contributed by atoms with Crippen LogP contribution in [-0.2, 0) is 10.2 Å². The lowest BCUT2D eigenvalue weighted by molar-refractivity contribution is -0.124. The van der Waals surface area contributed by atoms with Crippen molar-refractivity contribution in [2.75, 3.05) is 18.9 Å². The third kappa shape index (κ3) is 4.26. The Bertz CT molecular complexity index is 550. The van der Waals surface area contributed by atoms with Gasteiger partial charge < -0.3 is 10.1 Å². The molecule has 1 N–H and O–H groups in total. The second kappa shape index (κ2) is 7.18. The van der Waals surface area contributed by atoms with Crippen LogP contribution in [0.5, 0.6) is 5.75 Å². The highest BCUT2D eigenvalue weighted by Gasteiger charge is 2.31. The molecule has 22 heavy (non-hydrogen) atoms. The molecule has 5 heteroatoms. The number of thioether (sulfide) groups is 1. The summed E-state index contributed by atoms with van der Waals surface area (Å²) in [6, 6.07) is 7.76. The maximum atomic E-state index is 12.5. The van der Waals surface area contributed by atoms with Gasteiger partial charge in [-0.3, -0.25) is 9.79 Å². The number of aliphatic imine (C=N–C) groups is 1. The van der Waals surface area contributed by atoms with Crippen LogP contribution < -0.4 is 10.1 Å². The van der Waals surface area contributed by atoms with Crippen LogP contribution in [-0.4, -0.2) is 30.0 Å². The third-order valence-corrected chi connectivity index (χ3v) is 4.42. The van der Waals surface area contributed by atoms with Crippen molar-refractivity contribution in [1.29, 1.82) is 0 Å². The van der Waals surface area contributed by atoms with E-state index in [-0.39, 0.29) is 5.91 Å². The number of hydrogen-bond acceptors (Lipinski definition) is 4. The lowest BCUT2D eigenvalue weighted by atomic mass is 9.84. The highest BCUT2D eigenvalue weighted by molar-refractivity contribution is 8.14. The summed E-state index contributed by atoms with van der Waals surface area (Å²) in [4.78, 5) is 16.8. The van der Waals surface area contributed by atoms with Crippen molar-refractivity contribution in [2.24, 2.45) is 10.9 Å². The zero-order valence-electron chi connectivity index (χ0n) is 13.7. The lowest BCUT2D eigenvalue weighted by Crippen LogP contribution is -2.41. The molecule has 0 aliphatic carbocycles. The van der Waals surface area contributed by atoms with Gasteiger partial charge in [-0.1, -0.05) is 37.7 Å². The molecule has 0 atom stereocenters. The van der Waals surface area contributed by atoms with Crippen molar-refractivity contribution in [1.82, 2.24) is 5.32 Å². The molecule has 1 amide bonds. The van der Waals surface area contributed by atoms with Gasteiger partial charge in [0.15, 0.2) is 5.17 Å². The molecule has 1 aliphatic heterocycles. The fraction of sp³-hybridized carbons (Fsp3) is 0.529. The maximum Gasteiger partial charge on any atom is 0.236 e. The summed E-state index contributed by atoms with van der Waals surface area (Å²) in [7, 11) is 0. The molecule has 0 saturated carbocycles. The van der Waals surface area contributed by atoms with E-state index in [4.69, 9.17) is 4.74 Å². The molecule has 0 bridgehead atoms. The van der Waals surface area contributed by atoms with Crippen LogP contribution >= 0.6 is 11.8 Å². The molecule has 4 nitrogen and oxygen atoms in total.